The highest BCUT2D eigenvalue weighted by Gasteiger charge is 2.52. The first-order chi connectivity index (χ1) is 7.73. The third kappa shape index (κ3) is 2.05. The van der Waals surface area contributed by atoms with Crippen LogP contribution in [0.5, 0.6) is 5.75 Å². The van der Waals surface area contributed by atoms with Gasteiger partial charge in [0.1, 0.15) is 11.6 Å². The predicted molar refractivity (Wildman–Crippen MR) is 63.8 cm³/mol. The SMILES string of the molecule is CC1(C)OB(c2cc(F)ccc2O)OC1(C)C. The number of benzene rings is 1. The lowest BCUT2D eigenvalue weighted by Crippen LogP contribution is -2.41. The lowest BCUT2D eigenvalue weighted by atomic mass is 9.78. The van der Waals surface area contributed by atoms with Crippen molar-refractivity contribution < 1.29 is 18.8 Å². The number of rotatable bonds is 1. The Morgan fingerprint density at radius 1 is 1.12 bits per heavy atom. The van der Waals surface area contributed by atoms with E-state index in [1.165, 1.54) is 18.2 Å². The van der Waals surface area contributed by atoms with Crippen molar-refractivity contribution in [2.75, 3.05) is 0 Å². The van der Waals surface area contributed by atoms with Crippen LogP contribution in [0.25, 0.3) is 0 Å². The Bertz CT molecular complexity index is 429. The number of phenolic OH excluding ortho intramolecular Hbond substituents is 1. The minimum atomic E-state index is -0.740. The maximum Gasteiger partial charge on any atom is 0.498 e. The second-order valence-electron chi connectivity index (χ2n) is 5.29. The summed E-state index contributed by atoms with van der Waals surface area (Å²) in [7, 11) is -0.740. The first-order valence-electron chi connectivity index (χ1n) is 5.57. The monoisotopic (exact) mass is 238 g/mol. The fourth-order valence-corrected chi connectivity index (χ4v) is 1.68. The molecular weight excluding hydrogens is 222 g/mol. The molecular formula is C12H16BFO3. The molecule has 0 unspecified atom stereocenters. The van der Waals surface area contributed by atoms with Gasteiger partial charge in [-0.15, -0.1) is 0 Å². The van der Waals surface area contributed by atoms with Crippen LogP contribution in [-0.4, -0.2) is 23.4 Å². The second-order valence-corrected chi connectivity index (χ2v) is 5.29. The summed E-state index contributed by atoms with van der Waals surface area (Å²) in [6.45, 7) is 7.62. The highest BCUT2D eigenvalue weighted by Crippen LogP contribution is 2.37. The molecule has 1 aromatic rings. The summed E-state index contributed by atoms with van der Waals surface area (Å²) < 4.78 is 24.6. The molecule has 0 saturated carbocycles. The van der Waals surface area contributed by atoms with Crippen LogP contribution in [0.15, 0.2) is 18.2 Å². The van der Waals surface area contributed by atoms with Crippen LogP contribution in [0.3, 0.4) is 0 Å². The minimum Gasteiger partial charge on any atom is -0.508 e. The quantitative estimate of drug-likeness (QED) is 0.758. The van der Waals surface area contributed by atoms with Crippen molar-refractivity contribution in [3.8, 4) is 5.75 Å². The first kappa shape index (κ1) is 12.4. The van der Waals surface area contributed by atoms with Gasteiger partial charge >= 0.3 is 7.12 Å². The normalized spacial score (nSPS) is 21.8. The van der Waals surface area contributed by atoms with Crippen molar-refractivity contribution in [3.05, 3.63) is 24.0 Å². The van der Waals surface area contributed by atoms with Crippen LogP contribution < -0.4 is 5.46 Å². The Kier molecular flexibility index (Phi) is 2.71. The second kappa shape index (κ2) is 3.72. The molecule has 1 aliphatic rings. The third-order valence-corrected chi connectivity index (χ3v) is 3.50. The van der Waals surface area contributed by atoms with Gasteiger partial charge in [-0.3, -0.25) is 0 Å². The van der Waals surface area contributed by atoms with Crippen molar-refractivity contribution in [1.82, 2.24) is 0 Å². The fraction of sp³-hybridized carbons (Fsp3) is 0.500. The Morgan fingerprint density at radius 3 is 2.18 bits per heavy atom. The number of hydrogen-bond acceptors (Lipinski definition) is 3. The number of halogens is 1. The molecule has 1 aromatic carbocycles. The average Bonchev–Trinajstić information content (AvgIpc) is 2.40. The highest BCUT2D eigenvalue weighted by atomic mass is 19.1. The topological polar surface area (TPSA) is 38.7 Å². The van der Waals surface area contributed by atoms with E-state index in [0.717, 1.165) is 0 Å². The fourth-order valence-electron chi connectivity index (χ4n) is 1.68. The summed E-state index contributed by atoms with van der Waals surface area (Å²) in [5, 5.41) is 9.71. The summed E-state index contributed by atoms with van der Waals surface area (Å²) >= 11 is 0. The molecule has 3 nitrogen and oxygen atoms in total. The smallest absolute Gasteiger partial charge is 0.498 e. The number of aromatic hydroxyl groups is 1. The predicted octanol–water partition coefficient (Wildman–Crippen LogP) is 1.83. The van der Waals surface area contributed by atoms with Gasteiger partial charge in [0, 0.05) is 5.46 Å². The van der Waals surface area contributed by atoms with E-state index >= 15 is 0 Å². The molecule has 1 aliphatic heterocycles. The molecule has 1 N–H and O–H groups in total. The molecule has 17 heavy (non-hydrogen) atoms. The van der Waals surface area contributed by atoms with E-state index in [1.54, 1.807) is 0 Å². The number of phenols is 1. The largest absolute Gasteiger partial charge is 0.508 e. The Balaban J connectivity index is 2.35. The van der Waals surface area contributed by atoms with Gasteiger partial charge in [-0.25, -0.2) is 4.39 Å². The molecule has 0 amide bonds. The van der Waals surface area contributed by atoms with Gasteiger partial charge in [0.2, 0.25) is 0 Å². The Morgan fingerprint density at radius 2 is 1.65 bits per heavy atom. The molecule has 1 heterocycles. The van der Waals surface area contributed by atoms with Gasteiger partial charge in [-0.2, -0.15) is 0 Å². The van der Waals surface area contributed by atoms with Crippen LogP contribution in [0.2, 0.25) is 0 Å². The van der Waals surface area contributed by atoms with Crippen molar-refractivity contribution in [2.45, 2.75) is 38.9 Å². The Hall–Kier alpha value is -1.07. The van der Waals surface area contributed by atoms with Crippen LogP contribution in [0.1, 0.15) is 27.7 Å². The summed E-state index contributed by atoms with van der Waals surface area (Å²) in [6, 6.07) is 3.73. The van der Waals surface area contributed by atoms with E-state index in [1.807, 2.05) is 27.7 Å². The van der Waals surface area contributed by atoms with Crippen LogP contribution >= 0.6 is 0 Å². The summed E-state index contributed by atoms with van der Waals surface area (Å²) in [5.41, 5.74) is -0.684. The van der Waals surface area contributed by atoms with E-state index in [9.17, 15) is 9.50 Å². The van der Waals surface area contributed by atoms with E-state index < -0.39 is 24.1 Å². The molecule has 0 radical (unpaired) electrons. The third-order valence-electron chi connectivity index (χ3n) is 3.50. The van der Waals surface area contributed by atoms with E-state index in [0.29, 0.717) is 5.46 Å². The molecule has 0 aliphatic carbocycles. The maximum atomic E-state index is 13.2. The van der Waals surface area contributed by atoms with Gasteiger partial charge in [-0.05, 0) is 45.9 Å². The lowest BCUT2D eigenvalue weighted by Gasteiger charge is -2.32. The average molecular weight is 238 g/mol. The van der Waals surface area contributed by atoms with Gasteiger partial charge in [0.05, 0.1) is 11.2 Å². The van der Waals surface area contributed by atoms with E-state index in [4.69, 9.17) is 9.31 Å². The van der Waals surface area contributed by atoms with Crippen molar-refractivity contribution in [2.24, 2.45) is 0 Å². The van der Waals surface area contributed by atoms with E-state index in [-0.39, 0.29) is 5.75 Å². The minimum absolute atomic E-state index is 0.0232. The molecule has 1 fully saturated rings. The maximum absolute atomic E-state index is 13.2. The zero-order valence-corrected chi connectivity index (χ0v) is 10.5. The zero-order valence-electron chi connectivity index (χ0n) is 10.5. The van der Waals surface area contributed by atoms with Crippen molar-refractivity contribution >= 4 is 12.6 Å². The molecule has 92 valence electrons. The molecule has 5 heteroatoms. The Labute approximate surface area is 101 Å². The van der Waals surface area contributed by atoms with Crippen LogP contribution in [0, 0.1) is 5.82 Å². The standard InChI is InChI=1S/C12H16BFO3/c1-11(2)12(3,4)17-13(16-11)9-7-8(14)5-6-10(9)15/h5-7,15H,1-4H3. The summed E-state index contributed by atoms with van der Waals surface area (Å²) in [5.74, 6) is -0.447. The molecule has 1 saturated heterocycles. The molecule has 0 atom stereocenters. The molecule has 0 aromatic heterocycles. The highest BCUT2D eigenvalue weighted by molar-refractivity contribution is 6.63. The van der Waals surface area contributed by atoms with Gasteiger partial charge in [-0.1, -0.05) is 0 Å². The lowest BCUT2D eigenvalue weighted by molar-refractivity contribution is 0.00578. The molecule has 0 spiro atoms. The van der Waals surface area contributed by atoms with Gasteiger partial charge in [0.25, 0.3) is 0 Å². The van der Waals surface area contributed by atoms with Gasteiger partial charge in [0.15, 0.2) is 0 Å². The van der Waals surface area contributed by atoms with Crippen molar-refractivity contribution in [3.63, 3.8) is 0 Å². The molecule has 0 bridgehead atoms. The number of hydrogen-bond donors (Lipinski definition) is 1. The van der Waals surface area contributed by atoms with Gasteiger partial charge < -0.3 is 14.4 Å². The zero-order chi connectivity index (χ0) is 12.8. The van der Waals surface area contributed by atoms with Crippen LogP contribution in [0.4, 0.5) is 4.39 Å². The first-order valence-corrected chi connectivity index (χ1v) is 5.57. The van der Waals surface area contributed by atoms with E-state index in [2.05, 4.69) is 0 Å². The summed E-state index contributed by atoms with van der Waals surface area (Å²) in [4.78, 5) is 0. The van der Waals surface area contributed by atoms with Crippen molar-refractivity contribution in [1.29, 1.82) is 0 Å². The summed E-state index contributed by atoms with van der Waals surface area (Å²) in [6.07, 6.45) is 0. The molecule has 2 rings (SSSR count). The van der Waals surface area contributed by atoms with Crippen LogP contribution in [-0.2, 0) is 9.31 Å².